The zero-order valence-electron chi connectivity index (χ0n) is 15.9. The van der Waals surface area contributed by atoms with Crippen LogP contribution in [-0.4, -0.2) is 42.4 Å². The third-order valence-electron chi connectivity index (χ3n) is 4.80. The number of hydrogen-bond donors (Lipinski definition) is 1. The molecule has 1 heterocycles. The molecule has 0 radical (unpaired) electrons. The Bertz CT molecular complexity index is 697. The second kappa shape index (κ2) is 7.95. The number of benzene rings is 1. The van der Waals surface area contributed by atoms with Gasteiger partial charge in [-0.3, -0.25) is 9.59 Å². The van der Waals surface area contributed by atoms with Crippen molar-refractivity contribution < 1.29 is 18.9 Å². The van der Waals surface area contributed by atoms with E-state index in [4.69, 9.17) is 20.9 Å². The van der Waals surface area contributed by atoms with Crippen LogP contribution in [0.3, 0.4) is 0 Å². The molecule has 140 valence electrons. The molecule has 1 amide bonds. The summed E-state index contributed by atoms with van der Waals surface area (Å²) in [4.78, 5) is 23.0. The highest BCUT2D eigenvalue weighted by Gasteiger charge is 2.52. The Kier molecular flexibility index (Phi) is 6.32. The molecule has 26 heavy (non-hydrogen) atoms. The van der Waals surface area contributed by atoms with Crippen LogP contribution in [0.25, 0.3) is 6.08 Å². The molecule has 1 fully saturated rings. The van der Waals surface area contributed by atoms with Gasteiger partial charge >= 0.3 is 7.12 Å². The van der Waals surface area contributed by atoms with Gasteiger partial charge < -0.3 is 14.6 Å². The Morgan fingerprint density at radius 2 is 1.65 bits per heavy atom. The van der Waals surface area contributed by atoms with Gasteiger partial charge in [-0.15, -0.1) is 11.6 Å². The average Bonchev–Trinajstić information content (AvgIpc) is 2.78. The van der Waals surface area contributed by atoms with Crippen molar-refractivity contribution in [2.75, 3.05) is 12.4 Å². The van der Waals surface area contributed by atoms with E-state index in [0.29, 0.717) is 12.1 Å². The molecule has 7 heteroatoms. The van der Waals surface area contributed by atoms with Crippen LogP contribution in [0.4, 0.5) is 0 Å². The van der Waals surface area contributed by atoms with E-state index < -0.39 is 18.3 Å². The Hall–Kier alpha value is -1.63. The number of carbonyl (C=O) groups excluding carboxylic acids is 2. The average molecular weight is 378 g/mol. The molecule has 2 rings (SSSR count). The predicted molar refractivity (Wildman–Crippen MR) is 104 cm³/mol. The first-order chi connectivity index (χ1) is 12.1. The van der Waals surface area contributed by atoms with Crippen molar-refractivity contribution in [1.82, 2.24) is 5.32 Å². The quantitative estimate of drug-likeness (QED) is 0.469. The number of alkyl halides is 1. The molecule has 1 N–H and O–H groups in total. The van der Waals surface area contributed by atoms with Crippen molar-refractivity contribution in [2.45, 2.75) is 45.8 Å². The molecule has 1 aliphatic rings. The minimum absolute atomic E-state index is 0.0448. The SMILES string of the molecule is CC(=O)NCC(=Cc1ccc(C(=O)CCl)cc1)B1OC(C)(C)C(C)(C)O1. The lowest BCUT2D eigenvalue weighted by molar-refractivity contribution is -0.118. The summed E-state index contributed by atoms with van der Waals surface area (Å²) in [5.74, 6) is -0.293. The summed E-state index contributed by atoms with van der Waals surface area (Å²) < 4.78 is 12.2. The lowest BCUT2D eigenvalue weighted by atomic mass is 9.77. The standard InChI is InChI=1S/C19H25BClNO4/c1-13(23)22-12-16(20-25-18(2,3)19(4,5)26-20)10-14-6-8-15(9-7-14)17(24)11-21/h6-10H,11-12H2,1-5H3,(H,22,23). The van der Waals surface area contributed by atoms with Crippen LogP contribution in [0.2, 0.25) is 0 Å². The van der Waals surface area contributed by atoms with E-state index in [1.165, 1.54) is 6.92 Å². The van der Waals surface area contributed by atoms with Crippen molar-refractivity contribution >= 4 is 36.5 Å². The van der Waals surface area contributed by atoms with Crippen molar-refractivity contribution in [3.8, 4) is 0 Å². The van der Waals surface area contributed by atoms with Gasteiger partial charge in [0.25, 0.3) is 0 Å². The zero-order valence-corrected chi connectivity index (χ0v) is 16.6. The van der Waals surface area contributed by atoms with E-state index in [2.05, 4.69) is 5.32 Å². The fraction of sp³-hybridized carbons (Fsp3) is 0.474. The molecule has 0 unspecified atom stereocenters. The molecule has 0 aliphatic carbocycles. The molecule has 1 aromatic rings. The number of halogens is 1. The molecule has 0 aromatic heterocycles. The summed E-state index contributed by atoms with van der Waals surface area (Å²) in [6.07, 6.45) is 1.91. The summed E-state index contributed by atoms with van der Waals surface area (Å²) in [5, 5.41) is 2.80. The Labute approximate surface area is 160 Å². The van der Waals surface area contributed by atoms with E-state index >= 15 is 0 Å². The van der Waals surface area contributed by atoms with Gasteiger partial charge in [0.15, 0.2) is 5.78 Å². The zero-order chi connectivity index (χ0) is 19.5. The maximum atomic E-state index is 11.6. The minimum Gasteiger partial charge on any atom is -0.400 e. The normalized spacial score (nSPS) is 18.7. The molecule has 1 aliphatic heterocycles. The lowest BCUT2D eigenvalue weighted by Crippen LogP contribution is -2.41. The van der Waals surface area contributed by atoms with Crippen molar-refractivity contribution in [3.63, 3.8) is 0 Å². The maximum Gasteiger partial charge on any atom is 0.492 e. The van der Waals surface area contributed by atoms with E-state index in [0.717, 1.165) is 11.0 Å². The smallest absolute Gasteiger partial charge is 0.400 e. The first-order valence-electron chi connectivity index (χ1n) is 8.55. The van der Waals surface area contributed by atoms with Crippen LogP contribution in [-0.2, 0) is 14.1 Å². The highest BCUT2D eigenvalue weighted by Crippen LogP contribution is 2.38. The highest BCUT2D eigenvalue weighted by molar-refractivity contribution is 6.56. The van der Waals surface area contributed by atoms with E-state index in [9.17, 15) is 9.59 Å². The van der Waals surface area contributed by atoms with Crippen LogP contribution in [0.15, 0.2) is 29.7 Å². The summed E-state index contributed by atoms with van der Waals surface area (Å²) in [5.41, 5.74) is 1.31. The fourth-order valence-electron chi connectivity index (χ4n) is 2.48. The Balaban J connectivity index is 2.28. The summed E-state index contributed by atoms with van der Waals surface area (Å²) in [6.45, 7) is 9.71. The molecular formula is C19H25BClNO4. The van der Waals surface area contributed by atoms with Crippen LogP contribution in [0.1, 0.15) is 50.5 Å². The molecule has 5 nitrogen and oxygen atoms in total. The predicted octanol–water partition coefficient (Wildman–Crippen LogP) is 3.26. The molecule has 0 spiro atoms. The summed E-state index contributed by atoms with van der Waals surface area (Å²) in [6, 6.07) is 7.13. The molecule has 0 atom stereocenters. The lowest BCUT2D eigenvalue weighted by Gasteiger charge is -2.32. The van der Waals surface area contributed by atoms with Gasteiger partial charge in [-0.25, -0.2) is 0 Å². The number of carbonyl (C=O) groups is 2. The van der Waals surface area contributed by atoms with Crippen molar-refractivity contribution in [3.05, 3.63) is 40.9 Å². The summed E-state index contributed by atoms with van der Waals surface area (Å²) >= 11 is 5.59. The van der Waals surface area contributed by atoms with Crippen molar-refractivity contribution in [1.29, 1.82) is 0 Å². The Morgan fingerprint density at radius 1 is 1.12 bits per heavy atom. The van der Waals surface area contributed by atoms with E-state index in [1.807, 2.05) is 45.9 Å². The van der Waals surface area contributed by atoms with Gasteiger partial charge in [0, 0.05) is 19.0 Å². The third-order valence-corrected chi connectivity index (χ3v) is 5.05. The summed E-state index contributed by atoms with van der Waals surface area (Å²) in [7, 11) is -0.559. The maximum absolute atomic E-state index is 11.6. The number of amides is 1. The van der Waals surface area contributed by atoms with Gasteiger partial charge in [-0.1, -0.05) is 30.3 Å². The van der Waals surface area contributed by atoms with Gasteiger partial charge in [0.1, 0.15) is 0 Å². The molecule has 0 saturated carbocycles. The molecule has 1 saturated heterocycles. The molecular weight excluding hydrogens is 352 g/mol. The van der Waals surface area contributed by atoms with Crippen LogP contribution < -0.4 is 5.32 Å². The van der Waals surface area contributed by atoms with Crippen molar-refractivity contribution in [2.24, 2.45) is 0 Å². The number of Topliss-reactive ketones (excluding diaryl/α,β-unsaturated/α-hetero) is 1. The largest absolute Gasteiger partial charge is 0.492 e. The monoisotopic (exact) mass is 377 g/mol. The first kappa shape index (κ1) is 20.7. The second-order valence-corrected chi connectivity index (χ2v) is 7.66. The van der Waals surface area contributed by atoms with Crippen LogP contribution >= 0.6 is 11.6 Å². The van der Waals surface area contributed by atoms with Gasteiger partial charge in [-0.2, -0.15) is 0 Å². The number of nitrogens with one attached hydrogen (secondary N) is 1. The topological polar surface area (TPSA) is 64.6 Å². The number of ketones is 1. The van der Waals surface area contributed by atoms with Gasteiger partial charge in [0.2, 0.25) is 5.91 Å². The molecule has 1 aromatic carbocycles. The number of hydrogen-bond acceptors (Lipinski definition) is 4. The van der Waals surface area contributed by atoms with E-state index in [-0.39, 0.29) is 17.6 Å². The second-order valence-electron chi connectivity index (χ2n) is 7.40. The van der Waals surface area contributed by atoms with Crippen LogP contribution in [0, 0.1) is 0 Å². The van der Waals surface area contributed by atoms with Gasteiger partial charge in [-0.05, 0) is 38.7 Å². The third kappa shape index (κ3) is 4.75. The molecule has 0 bridgehead atoms. The first-order valence-corrected chi connectivity index (χ1v) is 9.09. The van der Waals surface area contributed by atoms with Gasteiger partial charge in [0.05, 0.1) is 17.1 Å². The minimum atomic E-state index is -0.559. The fourth-order valence-corrected chi connectivity index (χ4v) is 2.63. The number of rotatable bonds is 6. The highest BCUT2D eigenvalue weighted by atomic mass is 35.5. The van der Waals surface area contributed by atoms with E-state index in [1.54, 1.807) is 12.1 Å². The Morgan fingerprint density at radius 3 is 2.12 bits per heavy atom. The van der Waals surface area contributed by atoms with Crippen LogP contribution in [0.5, 0.6) is 0 Å².